The molecule has 1 saturated heterocycles. The lowest BCUT2D eigenvalue weighted by atomic mass is 9.62. The van der Waals surface area contributed by atoms with Crippen LogP contribution in [0.25, 0.3) is 10.9 Å². The van der Waals surface area contributed by atoms with Crippen molar-refractivity contribution in [3.05, 3.63) is 65.6 Å². The van der Waals surface area contributed by atoms with Crippen molar-refractivity contribution < 1.29 is 9.53 Å². The third-order valence-electron chi connectivity index (χ3n) is 7.15. The summed E-state index contributed by atoms with van der Waals surface area (Å²) in [6, 6.07) is 12.3. The van der Waals surface area contributed by atoms with Crippen LogP contribution in [0.5, 0.6) is 0 Å². The number of methoxy groups -OCH3 is 1. The molecule has 2 aromatic heterocycles. The van der Waals surface area contributed by atoms with Crippen molar-refractivity contribution in [1.82, 2.24) is 14.9 Å². The van der Waals surface area contributed by atoms with E-state index in [9.17, 15) is 4.79 Å². The van der Waals surface area contributed by atoms with Gasteiger partial charge in [-0.05, 0) is 42.2 Å². The number of pyridine rings is 1. The Morgan fingerprint density at radius 2 is 2.03 bits per heavy atom. The normalized spacial score (nSPS) is 26.7. The Balaban J connectivity index is 1.45. The van der Waals surface area contributed by atoms with Crippen LogP contribution >= 0.6 is 0 Å². The number of likely N-dealkylation sites (tertiary alicyclic amines) is 1. The van der Waals surface area contributed by atoms with E-state index in [2.05, 4.69) is 45.3 Å². The molecule has 3 N–H and O–H groups in total. The number of aromatic amines is 1. The minimum atomic E-state index is -0.495. The number of hydrogen-bond acceptors (Lipinski definition) is 4. The average Bonchev–Trinajstić information content (AvgIpc) is 3.16. The number of H-pyrrole nitrogens is 1. The lowest BCUT2D eigenvalue weighted by Crippen LogP contribution is -2.58. The number of hydrogen-bond donors (Lipinski definition) is 2. The fraction of sp³-hybridized carbons (Fsp3) is 0.417. The molecule has 1 unspecified atom stereocenters. The first-order valence-corrected chi connectivity index (χ1v) is 10.7. The Morgan fingerprint density at radius 1 is 1.27 bits per heavy atom. The molecule has 1 amide bonds. The van der Waals surface area contributed by atoms with Gasteiger partial charge in [-0.2, -0.15) is 0 Å². The number of benzene rings is 1. The first-order chi connectivity index (χ1) is 14.6. The van der Waals surface area contributed by atoms with Crippen LogP contribution in [0, 0.1) is 11.8 Å². The third kappa shape index (κ3) is 3.02. The van der Waals surface area contributed by atoms with E-state index in [1.807, 2.05) is 19.2 Å². The van der Waals surface area contributed by atoms with Crippen molar-refractivity contribution in [2.24, 2.45) is 17.6 Å². The Morgan fingerprint density at radius 3 is 2.77 bits per heavy atom. The standard InChI is InChI=1S/C24H28N4O2/c1-30-24(17-9-10-26-22(11-17)23(25)29)18-5-4-6-19(24)15-28(14-18)13-16-12-27-21-8-3-2-7-20(16)21/h2-3,7-12,18-19,27H,4-6,13-15H2,1H3,(H2,25,29)/t18-,19+,24?. The monoisotopic (exact) mass is 404 g/mol. The number of piperidine rings is 1. The fourth-order valence-electron chi connectivity index (χ4n) is 5.89. The van der Waals surface area contributed by atoms with Gasteiger partial charge in [-0.15, -0.1) is 0 Å². The number of nitrogens with zero attached hydrogens (tertiary/aromatic N) is 2. The van der Waals surface area contributed by atoms with Gasteiger partial charge in [0.2, 0.25) is 0 Å². The summed E-state index contributed by atoms with van der Waals surface area (Å²) >= 11 is 0. The molecule has 1 aromatic carbocycles. The van der Waals surface area contributed by atoms with E-state index in [4.69, 9.17) is 10.5 Å². The van der Waals surface area contributed by atoms with Crippen molar-refractivity contribution in [3.63, 3.8) is 0 Å². The molecule has 1 aliphatic carbocycles. The minimum absolute atomic E-state index is 0.309. The molecule has 3 aromatic rings. The maximum atomic E-state index is 11.7. The Bertz CT molecular complexity index is 1060. The number of amides is 1. The van der Waals surface area contributed by atoms with Gasteiger partial charge in [0, 0.05) is 61.9 Å². The van der Waals surface area contributed by atoms with E-state index in [0.29, 0.717) is 17.5 Å². The molecule has 30 heavy (non-hydrogen) atoms. The number of nitrogens with two attached hydrogens (primary N) is 1. The number of rotatable bonds is 5. The summed E-state index contributed by atoms with van der Waals surface area (Å²) < 4.78 is 6.31. The van der Waals surface area contributed by atoms with Crippen molar-refractivity contribution in [2.45, 2.75) is 31.4 Å². The van der Waals surface area contributed by atoms with Crippen LogP contribution in [-0.4, -0.2) is 41.0 Å². The van der Waals surface area contributed by atoms with Crippen molar-refractivity contribution in [2.75, 3.05) is 20.2 Å². The SMILES string of the molecule is COC1(c2ccnc(C(N)=O)c2)[C@@H]2CCC[C@H]1CN(Cc1c[nH]c3ccccc13)C2. The van der Waals surface area contributed by atoms with Crippen molar-refractivity contribution >= 4 is 16.8 Å². The van der Waals surface area contributed by atoms with Crippen molar-refractivity contribution in [1.29, 1.82) is 0 Å². The molecule has 2 aliphatic rings. The zero-order valence-corrected chi connectivity index (χ0v) is 17.3. The highest BCUT2D eigenvalue weighted by Crippen LogP contribution is 2.51. The molecule has 3 atom stereocenters. The summed E-state index contributed by atoms with van der Waals surface area (Å²) in [4.78, 5) is 21.8. The van der Waals surface area contributed by atoms with Gasteiger partial charge in [-0.1, -0.05) is 24.6 Å². The molecule has 1 saturated carbocycles. The van der Waals surface area contributed by atoms with E-state index >= 15 is 0 Å². The highest BCUT2D eigenvalue weighted by molar-refractivity contribution is 5.90. The first-order valence-electron chi connectivity index (χ1n) is 10.7. The second-order valence-corrected chi connectivity index (χ2v) is 8.67. The third-order valence-corrected chi connectivity index (χ3v) is 7.15. The number of para-hydroxylation sites is 1. The molecule has 6 heteroatoms. The molecule has 5 rings (SSSR count). The summed E-state index contributed by atoms with van der Waals surface area (Å²) in [6.07, 6.45) is 7.27. The quantitative estimate of drug-likeness (QED) is 0.682. The molecule has 6 nitrogen and oxygen atoms in total. The molecule has 0 spiro atoms. The van der Waals surface area contributed by atoms with Gasteiger partial charge in [0.15, 0.2) is 0 Å². The molecule has 1 aliphatic heterocycles. The molecular formula is C24H28N4O2. The van der Waals surface area contributed by atoms with Gasteiger partial charge >= 0.3 is 0 Å². The summed E-state index contributed by atoms with van der Waals surface area (Å²) in [5.41, 5.74) is 8.99. The maximum Gasteiger partial charge on any atom is 0.267 e. The van der Waals surface area contributed by atoms with Crippen LogP contribution in [0.15, 0.2) is 48.8 Å². The van der Waals surface area contributed by atoms with E-state index in [0.717, 1.165) is 38.0 Å². The number of fused-ring (bicyclic) bond motifs is 3. The van der Waals surface area contributed by atoms with E-state index < -0.39 is 5.91 Å². The van der Waals surface area contributed by atoms with Crippen LogP contribution < -0.4 is 5.73 Å². The summed E-state index contributed by atoms with van der Waals surface area (Å²) in [6.45, 7) is 2.87. The Hall–Kier alpha value is -2.70. The summed E-state index contributed by atoms with van der Waals surface area (Å²) in [5.74, 6) is 0.233. The van der Waals surface area contributed by atoms with Crippen LogP contribution in [0.4, 0.5) is 0 Å². The number of carbonyl (C=O) groups is 1. The van der Waals surface area contributed by atoms with Gasteiger partial charge in [0.25, 0.3) is 5.91 Å². The summed E-state index contributed by atoms with van der Waals surface area (Å²) in [5, 5.41) is 1.30. The number of ether oxygens (including phenoxy) is 1. The van der Waals surface area contributed by atoms with E-state index in [1.165, 1.54) is 22.9 Å². The van der Waals surface area contributed by atoms with Gasteiger partial charge in [-0.3, -0.25) is 14.7 Å². The van der Waals surface area contributed by atoms with E-state index in [-0.39, 0.29) is 5.60 Å². The molecular weight excluding hydrogens is 376 g/mol. The molecule has 156 valence electrons. The zero-order valence-electron chi connectivity index (χ0n) is 17.3. The second-order valence-electron chi connectivity index (χ2n) is 8.67. The van der Waals surface area contributed by atoms with Gasteiger partial charge < -0.3 is 15.5 Å². The largest absolute Gasteiger partial charge is 0.373 e. The molecule has 2 fully saturated rings. The lowest BCUT2D eigenvalue weighted by Gasteiger charge is -2.55. The van der Waals surface area contributed by atoms with Crippen LogP contribution in [0.2, 0.25) is 0 Å². The summed E-state index contributed by atoms with van der Waals surface area (Å²) in [7, 11) is 1.81. The topological polar surface area (TPSA) is 84.2 Å². The van der Waals surface area contributed by atoms with Crippen molar-refractivity contribution in [3.8, 4) is 0 Å². The molecule has 3 heterocycles. The number of aromatic nitrogens is 2. The zero-order chi connectivity index (χ0) is 20.7. The Kier molecular flexibility index (Phi) is 4.83. The predicted octanol–water partition coefficient (Wildman–Crippen LogP) is 3.44. The number of nitrogens with one attached hydrogen (secondary N) is 1. The van der Waals surface area contributed by atoms with Gasteiger partial charge in [0.1, 0.15) is 11.3 Å². The van der Waals surface area contributed by atoms with Crippen LogP contribution in [0.3, 0.4) is 0 Å². The predicted molar refractivity (Wildman–Crippen MR) is 116 cm³/mol. The molecule has 2 bridgehead atoms. The lowest BCUT2D eigenvalue weighted by molar-refractivity contribution is -0.170. The smallest absolute Gasteiger partial charge is 0.267 e. The highest BCUT2D eigenvalue weighted by atomic mass is 16.5. The molecule has 0 radical (unpaired) electrons. The minimum Gasteiger partial charge on any atom is -0.373 e. The first kappa shape index (κ1) is 19.3. The van der Waals surface area contributed by atoms with Gasteiger partial charge in [-0.25, -0.2) is 0 Å². The fourth-order valence-corrected chi connectivity index (χ4v) is 5.89. The Labute approximate surface area is 176 Å². The highest BCUT2D eigenvalue weighted by Gasteiger charge is 2.53. The van der Waals surface area contributed by atoms with Crippen LogP contribution in [-0.2, 0) is 16.9 Å². The van der Waals surface area contributed by atoms with Gasteiger partial charge in [0.05, 0.1) is 0 Å². The van der Waals surface area contributed by atoms with E-state index in [1.54, 1.807) is 6.20 Å². The number of primary amides is 1. The van der Waals surface area contributed by atoms with Crippen LogP contribution in [0.1, 0.15) is 40.9 Å². The average molecular weight is 405 g/mol. The number of carbonyl (C=O) groups excluding carboxylic acids is 1. The second kappa shape index (κ2) is 7.52. The maximum absolute atomic E-state index is 11.7.